The van der Waals surface area contributed by atoms with Gasteiger partial charge >= 0.3 is 0 Å². The summed E-state index contributed by atoms with van der Waals surface area (Å²) in [5.41, 5.74) is 5.69. The summed E-state index contributed by atoms with van der Waals surface area (Å²) >= 11 is 0. The van der Waals surface area contributed by atoms with E-state index in [0.29, 0.717) is 19.5 Å². The molecule has 0 aliphatic carbocycles. The molecule has 1 aliphatic rings. The smallest absolute Gasteiger partial charge is 0.239 e. The summed E-state index contributed by atoms with van der Waals surface area (Å²) in [7, 11) is 0. The molecule has 0 saturated carbocycles. The standard InChI is InChI=1S/C11H20N2O2/c1-3-4-9(12)11(15)13-6-5-8(2)10(14)7-13/h3,8-10,14H,1,4-7,12H2,2H3. The van der Waals surface area contributed by atoms with Gasteiger partial charge in [0, 0.05) is 13.1 Å². The van der Waals surface area contributed by atoms with Crippen LogP contribution in [0.3, 0.4) is 0 Å². The van der Waals surface area contributed by atoms with E-state index in [1.54, 1.807) is 11.0 Å². The lowest BCUT2D eigenvalue weighted by molar-refractivity contribution is -0.136. The highest BCUT2D eigenvalue weighted by Crippen LogP contribution is 2.17. The lowest BCUT2D eigenvalue weighted by Crippen LogP contribution is -2.51. The highest BCUT2D eigenvalue weighted by molar-refractivity contribution is 5.81. The minimum absolute atomic E-state index is 0.0825. The quantitative estimate of drug-likeness (QED) is 0.653. The van der Waals surface area contributed by atoms with Crippen LogP contribution in [0.25, 0.3) is 0 Å². The van der Waals surface area contributed by atoms with Gasteiger partial charge in [-0.05, 0) is 18.8 Å². The van der Waals surface area contributed by atoms with Gasteiger partial charge in [-0.25, -0.2) is 0 Å². The summed E-state index contributed by atoms with van der Waals surface area (Å²) in [5, 5.41) is 9.65. The van der Waals surface area contributed by atoms with E-state index in [2.05, 4.69) is 6.58 Å². The molecule has 86 valence electrons. The highest BCUT2D eigenvalue weighted by Gasteiger charge is 2.29. The average Bonchev–Trinajstić information content (AvgIpc) is 2.21. The van der Waals surface area contributed by atoms with Crippen molar-refractivity contribution in [2.45, 2.75) is 31.9 Å². The van der Waals surface area contributed by atoms with Crippen molar-refractivity contribution in [2.24, 2.45) is 11.7 Å². The number of carbonyl (C=O) groups excluding carboxylic acids is 1. The lowest BCUT2D eigenvalue weighted by Gasteiger charge is -2.35. The Morgan fingerprint density at radius 2 is 2.47 bits per heavy atom. The summed E-state index contributed by atoms with van der Waals surface area (Å²) < 4.78 is 0. The van der Waals surface area contributed by atoms with Gasteiger partial charge in [-0.2, -0.15) is 0 Å². The van der Waals surface area contributed by atoms with Gasteiger partial charge in [-0.1, -0.05) is 13.0 Å². The van der Waals surface area contributed by atoms with Crippen LogP contribution in [0.15, 0.2) is 12.7 Å². The predicted octanol–water partition coefficient (Wildman–Crippen LogP) is 0.119. The third kappa shape index (κ3) is 3.04. The van der Waals surface area contributed by atoms with Crippen LogP contribution < -0.4 is 5.73 Å². The van der Waals surface area contributed by atoms with E-state index in [9.17, 15) is 9.90 Å². The number of aliphatic hydroxyl groups excluding tert-OH is 1. The number of β-amino-alcohol motifs (C(OH)–C–C–N with tert-alkyl or cyclic N) is 1. The molecule has 0 radical (unpaired) electrons. The Morgan fingerprint density at radius 1 is 1.80 bits per heavy atom. The molecule has 3 atom stereocenters. The first-order valence-electron chi connectivity index (χ1n) is 5.39. The van der Waals surface area contributed by atoms with Crippen molar-refractivity contribution in [3.05, 3.63) is 12.7 Å². The topological polar surface area (TPSA) is 66.6 Å². The third-order valence-electron chi connectivity index (χ3n) is 2.97. The average molecular weight is 212 g/mol. The zero-order valence-corrected chi connectivity index (χ0v) is 9.22. The lowest BCUT2D eigenvalue weighted by atomic mass is 9.95. The number of hydrogen-bond acceptors (Lipinski definition) is 3. The van der Waals surface area contributed by atoms with Crippen molar-refractivity contribution >= 4 is 5.91 Å². The molecule has 4 nitrogen and oxygen atoms in total. The number of likely N-dealkylation sites (tertiary alicyclic amines) is 1. The Hall–Kier alpha value is -0.870. The first-order chi connectivity index (χ1) is 7.06. The number of piperidine rings is 1. The molecule has 4 heteroatoms. The largest absolute Gasteiger partial charge is 0.391 e. The molecule has 1 aliphatic heterocycles. The van der Waals surface area contributed by atoms with Gasteiger partial charge in [-0.15, -0.1) is 6.58 Å². The monoisotopic (exact) mass is 212 g/mol. The van der Waals surface area contributed by atoms with Crippen molar-refractivity contribution in [2.75, 3.05) is 13.1 Å². The molecule has 0 bridgehead atoms. The van der Waals surface area contributed by atoms with Crippen molar-refractivity contribution in [3.8, 4) is 0 Å². The number of carbonyl (C=O) groups is 1. The Bertz CT molecular complexity index is 243. The van der Waals surface area contributed by atoms with Gasteiger partial charge in [0.25, 0.3) is 0 Å². The van der Waals surface area contributed by atoms with Crippen LogP contribution in [0.5, 0.6) is 0 Å². The van der Waals surface area contributed by atoms with Gasteiger partial charge in [0.1, 0.15) is 0 Å². The second kappa shape index (κ2) is 5.28. The Balaban J connectivity index is 2.50. The second-order valence-electron chi connectivity index (χ2n) is 4.25. The number of nitrogens with zero attached hydrogens (tertiary/aromatic N) is 1. The highest BCUT2D eigenvalue weighted by atomic mass is 16.3. The molecule has 1 saturated heterocycles. The maximum absolute atomic E-state index is 11.8. The van der Waals surface area contributed by atoms with E-state index in [-0.39, 0.29) is 11.8 Å². The summed E-state index contributed by atoms with van der Waals surface area (Å²) in [4.78, 5) is 13.4. The third-order valence-corrected chi connectivity index (χ3v) is 2.97. The minimum Gasteiger partial charge on any atom is -0.391 e. The number of rotatable bonds is 3. The number of hydrogen-bond donors (Lipinski definition) is 2. The van der Waals surface area contributed by atoms with E-state index < -0.39 is 12.1 Å². The van der Waals surface area contributed by atoms with Gasteiger partial charge in [0.15, 0.2) is 0 Å². The van der Waals surface area contributed by atoms with Crippen molar-refractivity contribution in [1.82, 2.24) is 4.90 Å². The molecule has 0 aromatic carbocycles. The normalized spacial score (nSPS) is 28.6. The SMILES string of the molecule is C=CCC(N)C(=O)N1CCC(C)C(O)C1. The molecule has 15 heavy (non-hydrogen) atoms. The zero-order valence-electron chi connectivity index (χ0n) is 9.22. The molecule has 0 spiro atoms. The Morgan fingerprint density at radius 3 is 3.00 bits per heavy atom. The molecule has 1 heterocycles. The maximum Gasteiger partial charge on any atom is 0.239 e. The molecule has 1 rings (SSSR count). The van der Waals surface area contributed by atoms with Gasteiger partial charge in [-0.3, -0.25) is 4.79 Å². The van der Waals surface area contributed by atoms with E-state index >= 15 is 0 Å². The van der Waals surface area contributed by atoms with E-state index in [0.717, 1.165) is 6.42 Å². The molecule has 3 unspecified atom stereocenters. The summed E-state index contributed by atoms with van der Waals surface area (Å²) in [6.07, 6.45) is 2.55. The first kappa shape index (κ1) is 12.2. The van der Waals surface area contributed by atoms with Gasteiger partial charge < -0.3 is 15.7 Å². The van der Waals surface area contributed by atoms with Crippen LogP contribution in [0.4, 0.5) is 0 Å². The molecule has 0 aromatic heterocycles. The second-order valence-corrected chi connectivity index (χ2v) is 4.25. The van der Waals surface area contributed by atoms with Crippen LogP contribution in [0.2, 0.25) is 0 Å². The summed E-state index contributed by atoms with van der Waals surface area (Å²) in [6.45, 7) is 6.66. The van der Waals surface area contributed by atoms with E-state index in [4.69, 9.17) is 5.73 Å². The molecule has 3 N–H and O–H groups in total. The molecule has 0 aromatic rings. The Kier molecular flexibility index (Phi) is 4.29. The van der Waals surface area contributed by atoms with Crippen molar-refractivity contribution in [3.63, 3.8) is 0 Å². The fraction of sp³-hybridized carbons (Fsp3) is 0.727. The van der Waals surface area contributed by atoms with Crippen LogP contribution in [0, 0.1) is 5.92 Å². The number of nitrogens with two attached hydrogens (primary N) is 1. The van der Waals surface area contributed by atoms with Crippen molar-refractivity contribution < 1.29 is 9.90 Å². The Labute approximate surface area is 90.7 Å². The molecule has 1 amide bonds. The maximum atomic E-state index is 11.8. The zero-order chi connectivity index (χ0) is 11.4. The number of amides is 1. The minimum atomic E-state index is -0.511. The molecular formula is C11H20N2O2. The molecule has 1 fully saturated rings. The van der Waals surface area contributed by atoms with Gasteiger partial charge in [0.05, 0.1) is 12.1 Å². The van der Waals surface area contributed by atoms with Gasteiger partial charge in [0.2, 0.25) is 5.91 Å². The van der Waals surface area contributed by atoms with Crippen LogP contribution in [-0.4, -0.2) is 41.1 Å². The van der Waals surface area contributed by atoms with Crippen LogP contribution in [-0.2, 0) is 4.79 Å². The van der Waals surface area contributed by atoms with E-state index in [1.165, 1.54) is 0 Å². The first-order valence-corrected chi connectivity index (χ1v) is 5.39. The van der Waals surface area contributed by atoms with Crippen LogP contribution in [0.1, 0.15) is 19.8 Å². The van der Waals surface area contributed by atoms with E-state index in [1.807, 2.05) is 6.92 Å². The summed E-state index contributed by atoms with van der Waals surface area (Å²) in [5.74, 6) is 0.186. The number of aliphatic hydroxyl groups is 1. The summed E-state index contributed by atoms with van der Waals surface area (Å²) in [6, 6.07) is -0.511. The fourth-order valence-corrected chi connectivity index (χ4v) is 1.76. The van der Waals surface area contributed by atoms with Crippen molar-refractivity contribution in [1.29, 1.82) is 0 Å². The predicted molar refractivity (Wildman–Crippen MR) is 59.2 cm³/mol. The fourth-order valence-electron chi connectivity index (χ4n) is 1.76. The van der Waals surface area contributed by atoms with Crippen LogP contribution >= 0.6 is 0 Å². The molecular weight excluding hydrogens is 192 g/mol.